The van der Waals surface area contributed by atoms with Gasteiger partial charge in [0.05, 0.1) is 10.8 Å². The van der Waals surface area contributed by atoms with Gasteiger partial charge in [-0.1, -0.05) is 0 Å². The van der Waals surface area contributed by atoms with Gasteiger partial charge in [-0.3, -0.25) is 4.99 Å². The molecule has 0 spiro atoms. The lowest BCUT2D eigenvalue weighted by Gasteiger charge is -1.96. The van der Waals surface area contributed by atoms with E-state index < -0.39 is 0 Å². The van der Waals surface area contributed by atoms with Gasteiger partial charge in [0.1, 0.15) is 0 Å². The molecule has 76 valence electrons. The van der Waals surface area contributed by atoms with Gasteiger partial charge in [-0.25, -0.2) is 4.98 Å². The number of thiazole rings is 1. The summed E-state index contributed by atoms with van der Waals surface area (Å²) in [7, 11) is 0. The Morgan fingerprint density at radius 2 is 2.50 bits per heavy atom. The quantitative estimate of drug-likeness (QED) is 0.607. The molecule has 0 aliphatic heterocycles. The fourth-order valence-corrected chi connectivity index (χ4v) is 2.07. The molecule has 0 atom stereocenters. The van der Waals surface area contributed by atoms with E-state index in [0.717, 1.165) is 29.5 Å². The molecular formula is C10H15N3S. The molecule has 2 rings (SSSR count). The molecule has 2 N–H and O–H groups in total. The first-order chi connectivity index (χ1) is 6.75. The molecule has 0 radical (unpaired) electrons. The van der Waals surface area contributed by atoms with E-state index in [1.54, 1.807) is 11.3 Å². The molecule has 1 aliphatic carbocycles. The lowest BCUT2D eigenvalue weighted by molar-refractivity contribution is 0.930. The predicted octanol–water partition coefficient (Wildman–Crippen LogP) is 1.76. The van der Waals surface area contributed by atoms with Crippen molar-refractivity contribution in [3.63, 3.8) is 0 Å². The third kappa shape index (κ3) is 2.54. The average molecular weight is 209 g/mol. The van der Waals surface area contributed by atoms with E-state index in [1.807, 2.05) is 6.92 Å². The number of nitrogens with two attached hydrogens (primary N) is 1. The normalized spacial score (nSPS) is 17.4. The minimum atomic E-state index is 0.591. The van der Waals surface area contributed by atoms with Crippen LogP contribution in [0.4, 0.5) is 0 Å². The molecule has 1 fully saturated rings. The number of amidine groups is 1. The highest BCUT2D eigenvalue weighted by molar-refractivity contribution is 7.09. The number of hydrogen-bond donors (Lipinski definition) is 1. The van der Waals surface area contributed by atoms with Gasteiger partial charge in [0, 0.05) is 30.0 Å². The van der Waals surface area contributed by atoms with Gasteiger partial charge in [0.2, 0.25) is 0 Å². The van der Waals surface area contributed by atoms with Crippen LogP contribution in [-0.2, 0) is 6.42 Å². The van der Waals surface area contributed by atoms with E-state index >= 15 is 0 Å². The van der Waals surface area contributed by atoms with Gasteiger partial charge < -0.3 is 5.73 Å². The summed E-state index contributed by atoms with van der Waals surface area (Å²) in [5, 5.41) is 3.23. The Bertz CT molecular complexity index is 339. The van der Waals surface area contributed by atoms with Gasteiger partial charge in [-0.2, -0.15) is 0 Å². The predicted molar refractivity (Wildman–Crippen MR) is 59.8 cm³/mol. The van der Waals surface area contributed by atoms with E-state index in [1.165, 1.54) is 12.8 Å². The van der Waals surface area contributed by atoms with Crippen LogP contribution in [0.2, 0.25) is 0 Å². The van der Waals surface area contributed by atoms with Gasteiger partial charge in [-0.15, -0.1) is 11.3 Å². The van der Waals surface area contributed by atoms with Crippen LogP contribution in [0.1, 0.15) is 23.5 Å². The van der Waals surface area contributed by atoms with Crippen molar-refractivity contribution in [1.82, 2.24) is 4.98 Å². The molecule has 1 aliphatic rings. The third-order valence-corrected chi connectivity index (χ3v) is 3.31. The summed E-state index contributed by atoms with van der Waals surface area (Å²) in [6.07, 6.45) is 3.38. The Balaban J connectivity index is 1.79. The van der Waals surface area contributed by atoms with Crippen LogP contribution in [0.15, 0.2) is 10.4 Å². The zero-order valence-corrected chi connectivity index (χ0v) is 9.18. The minimum Gasteiger partial charge on any atom is -0.387 e. The molecule has 1 aromatic heterocycles. The first-order valence-corrected chi connectivity index (χ1v) is 5.84. The Kier molecular flexibility index (Phi) is 2.82. The molecule has 0 bridgehead atoms. The lowest BCUT2D eigenvalue weighted by Crippen LogP contribution is -2.14. The monoisotopic (exact) mass is 209 g/mol. The van der Waals surface area contributed by atoms with Gasteiger partial charge >= 0.3 is 0 Å². The summed E-state index contributed by atoms with van der Waals surface area (Å²) in [5.74, 6) is 1.44. The lowest BCUT2D eigenvalue weighted by atomic mass is 10.4. The van der Waals surface area contributed by atoms with Crippen LogP contribution in [0.5, 0.6) is 0 Å². The highest BCUT2D eigenvalue weighted by atomic mass is 32.1. The second-order valence-corrected chi connectivity index (χ2v) is 4.66. The van der Waals surface area contributed by atoms with Crippen LogP contribution in [0.3, 0.4) is 0 Å². The Hall–Kier alpha value is -0.900. The van der Waals surface area contributed by atoms with Crippen molar-refractivity contribution in [3.8, 4) is 0 Å². The summed E-state index contributed by atoms with van der Waals surface area (Å²) < 4.78 is 0. The second-order valence-electron chi connectivity index (χ2n) is 3.71. The minimum absolute atomic E-state index is 0.591. The number of rotatable bonds is 4. The van der Waals surface area contributed by atoms with Crippen molar-refractivity contribution in [3.05, 3.63) is 16.1 Å². The SMILES string of the molecule is Cc1csc(CCN=C(N)C2CC2)n1. The molecule has 3 nitrogen and oxygen atoms in total. The van der Waals surface area contributed by atoms with Gasteiger partial charge in [0.25, 0.3) is 0 Å². The number of nitrogens with zero attached hydrogens (tertiary/aromatic N) is 2. The maximum Gasteiger partial charge on any atom is 0.0968 e. The zero-order chi connectivity index (χ0) is 9.97. The van der Waals surface area contributed by atoms with Crippen molar-refractivity contribution >= 4 is 17.2 Å². The van der Waals surface area contributed by atoms with Crippen molar-refractivity contribution in [1.29, 1.82) is 0 Å². The average Bonchev–Trinajstić information content (AvgIpc) is 2.92. The number of aliphatic imine (C=N–C) groups is 1. The smallest absolute Gasteiger partial charge is 0.0968 e. The van der Waals surface area contributed by atoms with Crippen LogP contribution in [0, 0.1) is 12.8 Å². The summed E-state index contributed by atoms with van der Waals surface area (Å²) in [6.45, 7) is 2.80. The van der Waals surface area contributed by atoms with E-state index in [0.29, 0.717) is 5.92 Å². The van der Waals surface area contributed by atoms with E-state index in [2.05, 4.69) is 15.4 Å². The Morgan fingerprint density at radius 1 is 1.71 bits per heavy atom. The molecule has 1 heterocycles. The van der Waals surface area contributed by atoms with Crippen molar-refractivity contribution in [2.24, 2.45) is 16.6 Å². The van der Waals surface area contributed by atoms with Crippen LogP contribution < -0.4 is 5.73 Å². The topological polar surface area (TPSA) is 51.3 Å². The maximum atomic E-state index is 5.78. The first-order valence-electron chi connectivity index (χ1n) is 4.96. The maximum absolute atomic E-state index is 5.78. The van der Waals surface area contributed by atoms with Crippen LogP contribution >= 0.6 is 11.3 Å². The van der Waals surface area contributed by atoms with E-state index in [9.17, 15) is 0 Å². The molecule has 0 unspecified atom stereocenters. The molecular weight excluding hydrogens is 194 g/mol. The van der Waals surface area contributed by atoms with Crippen LogP contribution in [0.25, 0.3) is 0 Å². The summed E-state index contributed by atoms with van der Waals surface area (Å²) >= 11 is 1.70. The molecule has 1 saturated carbocycles. The van der Waals surface area contributed by atoms with Crippen LogP contribution in [-0.4, -0.2) is 17.4 Å². The fraction of sp³-hybridized carbons (Fsp3) is 0.600. The molecule has 0 saturated heterocycles. The number of hydrogen-bond acceptors (Lipinski definition) is 3. The summed E-state index contributed by atoms with van der Waals surface area (Å²) in [4.78, 5) is 8.73. The van der Waals surface area contributed by atoms with E-state index in [4.69, 9.17) is 5.73 Å². The highest BCUT2D eigenvalue weighted by Crippen LogP contribution is 2.28. The first kappa shape index (κ1) is 9.65. The third-order valence-electron chi connectivity index (χ3n) is 2.28. The zero-order valence-electron chi connectivity index (χ0n) is 8.36. The molecule has 0 aromatic carbocycles. The highest BCUT2D eigenvalue weighted by Gasteiger charge is 2.24. The van der Waals surface area contributed by atoms with Crippen molar-refractivity contribution < 1.29 is 0 Å². The summed E-state index contributed by atoms with van der Waals surface area (Å²) in [6, 6.07) is 0. The van der Waals surface area contributed by atoms with E-state index in [-0.39, 0.29) is 0 Å². The molecule has 1 aromatic rings. The van der Waals surface area contributed by atoms with Gasteiger partial charge in [-0.05, 0) is 19.8 Å². The molecule has 4 heteroatoms. The Morgan fingerprint density at radius 3 is 3.07 bits per heavy atom. The van der Waals surface area contributed by atoms with Crippen molar-refractivity contribution in [2.45, 2.75) is 26.2 Å². The standard InChI is InChI=1S/C10H15N3S/c1-7-6-14-9(13-7)4-5-12-10(11)8-2-3-8/h6,8H,2-5H2,1H3,(H2,11,12). The van der Waals surface area contributed by atoms with Crippen molar-refractivity contribution in [2.75, 3.05) is 6.54 Å². The molecule has 14 heavy (non-hydrogen) atoms. The van der Waals surface area contributed by atoms with Gasteiger partial charge in [0.15, 0.2) is 0 Å². The largest absolute Gasteiger partial charge is 0.387 e. The second kappa shape index (κ2) is 4.09. The Labute approximate surface area is 88.1 Å². The number of aromatic nitrogens is 1. The fourth-order valence-electron chi connectivity index (χ4n) is 1.31. The molecule has 0 amide bonds. The summed E-state index contributed by atoms with van der Waals surface area (Å²) in [5.41, 5.74) is 6.88. The number of aryl methyl sites for hydroxylation is 1.